The van der Waals surface area contributed by atoms with Crippen LogP contribution in [0.2, 0.25) is 5.02 Å². The largest absolute Gasteiger partial charge is 0.490 e. The zero-order valence-electron chi connectivity index (χ0n) is 19.3. The van der Waals surface area contributed by atoms with Crippen LogP contribution in [0.4, 0.5) is 0 Å². The van der Waals surface area contributed by atoms with Crippen LogP contribution in [0.15, 0.2) is 89.6 Å². The number of nitrogens with zero attached hydrogens (tertiary/aromatic N) is 1. The Hall–Kier alpha value is -3.36. The van der Waals surface area contributed by atoms with Gasteiger partial charge in [0.05, 0.1) is 11.6 Å². The Morgan fingerprint density at radius 2 is 1.75 bits per heavy atom. The lowest BCUT2D eigenvalue weighted by molar-refractivity contribution is -0.129. The van der Waals surface area contributed by atoms with E-state index in [1.165, 1.54) is 0 Å². The van der Waals surface area contributed by atoms with Crippen LogP contribution in [-0.4, -0.2) is 18.5 Å². The standard InChI is InChI=1S/C29H21ClINO4/c1-2-34-26-15-19(13-24(30)27(26)35-17-18-7-11-23(31)12-8-18)14-25-29(33)36-28(32-25)22-10-9-20-5-3-4-6-21(20)16-22/h3-16H,2,17H2,1H3/b25-14-. The molecule has 0 saturated carbocycles. The summed E-state index contributed by atoms with van der Waals surface area (Å²) in [4.78, 5) is 17.0. The van der Waals surface area contributed by atoms with E-state index in [4.69, 9.17) is 25.8 Å². The lowest BCUT2D eigenvalue weighted by Crippen LogP contribution is -2.05. The van der Waals surface area contributed by atoms with Gasteiger partial charge in [-0.25, -0.2) is 9.79 Å². The zero-order valence-corrected chi connectivity index (χ0v) is 22.2. The van der Waals surface area contributed by atoms with Crippen molar-refractivity contribution in [2.24, 2.45) is 4.99 Å². The van der Waals surface area contributed by atoms with Crippen LogP contribution < -0.4 is 9.47 Å². The number of carbonyl (C=O) groups is 1. The van der Waals surface area contributed by atoms with Gasteiger partial charge in [-0.2, -0.15) is 0 Å². The molecule has 0 fully saturated rings. The third-order valence-electron chi connectivity index (χ3n) is 5.55. The van der Waals surface area contributed by atoms with Gasteiger partial charge in [0, 0.05) is 9.13 Å². The van der Waals surface area contributed by atoms with Gasteiger partial charge in [0.1, 0.15) is 6.61 Å². The van der Waals surface area contributed by atoms with E-state index in [0.29, 0.717) is 35.3 Å². The molecule has 0 radical (unpaired) electrons. The van der Waals surface area contributed by atoms with Gasteiger partial charge in [-0.05, 0) is 93.9 Å². The quantitative estimate of drug-likeness (QED) is 0.124. The summed E-state index contributed by atoms with van der Waals surface area (Å²) in [6.45, 7) is 2.67. The van der Waals surface area contributed by atoms with Crippen molar-refractivity contribution in [3.8, 4) is 11.5 Å². The Bertz CT molecular complexity index is 1510. The maximum atomic E-state index is 12.6. The van der Waals surface area contributed by atoms with Crippen molar-refractivity contribution in [3.63, 3.8) is 0 Å². The van der Waals surface area contributed by atoms with E-state index in [0.717, 1.165) is 25.5 Å². The van der Waals surface area contributed by atoms with Gasteiger partial charge in [0.25, 0.3) is 0 Å². The lowest BCUT2D eigenvalue weighted by Gasteiger charge is -2.14. The second-order valence-electron chi connectivity index (χ2n) is 8.08. The Morgan fingerprint density at radius 1 is 0.972 bits per heavy atom. The van der Waals surface area contributed by atoms with Crippen LogP contribution in [0.25, 0.3) is 16.8 Å². The maximum absolute atomic E-state index is 12.6. The van der Waals surface area contributed by atoms with Crippen LogP contribution >= 0.6 is 34.2 Å². The number of esters is 1. The molecule has 0 saturated heterocycles. The minimum Gasteiger partial charge on any atom is -0.490 e. The van der Waals surface area contributed by atoms with E-state index >= 15 is 0 Å². The van der Waals surface area contributed by atoms with E-state index in [1.807, 2.05) is 73.7 Å². The number of fused-ring (bicyclic) bond motifs is 1. The Morgan fingerprint density at radius 3 is 2.53 bits per heavy atom. The molecule has 180 valence electrons. The molecule has 5 nitrogen and oxygen atoms in total. The molecule has 4 aromatic rings. The molecule has 0 amide bonds. The molecule has 5 rings (SSSR count). The van der Waals surface area contributed by atoms with Crippen LogP contribution in [0, 0.1) is 3.57 Å². The summed E-state index contributed by atoms with van der Waals surface area (Å²) < 4.78 is 18.4. The average Bonchev–Trinajstić information content (AvgIpc) is 3.24. The van der Waals surface area contributed by atoms with Gasteiger partial charge < -0.3 is 14.2 Å². The van der Waals surface area contributed by atoms with Crippen molar-refractivity contribution in [2.45, 2.75) is 13.5 Å². The number of cyclic esters (lactones) is 1. The molecular weight excluding hydrogens is 589 g/mol. The molecule has 0 aliphatic carbocycles. The van der Waals surface area contributed by atoms with Crippen LogP contribution in [0.5, 0.6) is 11.5 Å². The molecule has 1 aliphatic rings. The second kappa shape index (κ2) is 10.7. The molecule has 0 N–H and O–H groups in total. The zero-order chi connectivity index (χ0) is 25.1. The summed E-state index contributed by atoms with van der Waals surface area (Å²) in [5.41, 5.74) is 2.59. The summed E-state index contributed by atoms with van der Waals surface area (Å²) in [6.07, 6.45) is 1.63. The highest BCUT2D eigenvalue weighted by molar-refractivity contribution is 14.1. The normalized spacial score (nSPS) is 14.1. The molecule has 0 atom stereocenters. The summed E-state index contributed by atoms with van der Waals surface area (Å²) >= 11 is 8.84. The van der Waals surface area contributed by atoms with Crippen molar-refractivity contribution in [1.29, 1.82) is 0 Å². The van der Waals surface area contributed by atoms with Gasteiger partial charge in [0.2, 0.25) is 5.90 Å². The van der Waals surface area contributed by atoms with Crippen LogP contribution in [0.1, 0.15) is 23.6 Å². The number of halogens is 2. The SMILES string of the molecule is CCOc1cc(/C=C2\N=C(c3ccc4ccccc4c3)OC2=O)cc(Cl)c1OCc1ccc(I)cc1. The number of hydrogen-bond acceptors (Lipinski definition) is 5. The van der Waals surface area contributed by atoms with Gasteiger partial charge in [-0.3, -0.25) is 0 Å². The molecular formula is C29H21ClINO4. The van der Waals surface area contributed by atoms with Crippen molar-refractivity contribution in [2.75, 3.05) is 6.61 Å². The minimum atomic E-state index is -0.522. The molecule has 0 aromatic heterocycles. The van der Waals surface area contributed by atoms with Crippen LogP contribution in [0.3, 0.4) is 0 Å². The fourth-order valence-corrected chi connectivity index (χ4v) is 4.46. The number of benzene rings is 4. The highest BCUT2D eigenvalue weighted by Crippen LogP contribution is 2.38. The molecule has 0 unspecified atom stereocenters. The van der Waals surface area contributed by atoms with Gasteiger partial charge >= 0.3 is 5.97 Å². The van der Waals surface area contributed by atoms with Gasteiger partial charge in [-0.1, -0.05) is 54.1 Å². The first-order chi connectivity index (χ1) is 17.5. The average molecular weight is 610 g/mol. The Kier molecular flexibility index (Phi) is 7.25. The second-order valence-corrected chi connectivity index (χ2v) is 9.73. The van der Waals surface area contributed by atoms with Crippen LogP contribution in [-0.2, 0) is 16.1 Å². The fourth-order valence-electron chi connectivity index (χ4n) is 3.82. The monoisotopic (exact) mass is 609 g/mol. The summed E-state index contributed by atoms with van der Waals surface area (Å²) in [5, 5.41) is 2.52. The molecule has 1 heterocycles. The van der Waals surface area contributed by atoms with E-state index < -0.39 is 5.97 Å². The molecule has 4 aromatic carbocycles. The molecule has 36 heavy (non-hydrogen) atoms. The highest BCUT2D eigenvalue weighted by Gasteiger charge is 2.25. The third kappa shape index (κ3) is 5.39. The predicted molar refractivity (Wildman–Crippen MR) is 151 cm³/mol. The molecule has 0 bridgehead atoms. The fraction of sp³-hybridized carbons (Fsp3) is 0.103. The topological polar surface area (TPSA) is 57.1 Å². The third-order valence-corrected chi connectivity index (χ3v) is 6.55. The smallest absolute Gasteiger partial charge is 0.363 e. The van der Waals surface area contributed by atoms with Crippen molar-refractivity contribution in [1.82, 2.24) is 0 Å². The molecule has 7 heteroatoms. The van der Waals surface area contributed by atoms with Gasteiger partial charge in [-0.15, -0.1) is 0 Å². The Balaban J connectivity index is 1.42. The summed E-state index contributed by atoms with van der Waals surface area (Å²) in [7, 11) is 0. The lowest BCUT2D eigenvalue weighted by atomic mass is 10.1. The number of aliphatic imine (C=N–C) groups is 1. The summed E-state index contributed by atoms with van der Waals surface area (Å²) in [6, 6.07) is 25.4. The first kappa shape index (κ1) is 24.3. The number of rotatable bonds is 7. The number of carbonyl (C=O) groups excluding carboxylic acids is 1. The molecule has 1 aliphatic heterocycles. The first-order valence-corrected chi connectivity index (χ1v) is 12.8. The van der Waals surface area contributed by atoms with Crippen molar-refractivity contribution >= 4 is 62.9 Å². The van der Waals surface area contributed by atoms with E-state index in [-0.39, 0.29) is 11.6 Å². The summed E-state index contributed by atoms with van der Waals surface area (Å²) in [5.74, 6) is 0.693. The number of hydrogen-bond donors (Lipinski definition) is 0. The Labute approximate surface area is 227 Å². The van der Waals surface area contributed by atoms with Crippen molar-refractivity contribution in [3.05, 3.63) is 110 Å². The van der Waals surface area contributed by atoms with Gasteiger partial charge in [0.15, 0.2) is 17.2 Å². The maximum Gasteiger partial charge on any atom is 0.363 e. The van der Waals surface area contributed by atoms with E-state index in [9.17, 15) is 4.79 Å². The van der Waals surface area contributed by atoms with E-state index in [2.05, 4.69) is 27.6 Å². The number of ether oxygens (including phenoxy) is 3. The van der Waals surface area contributed by atoms with Crippen molar-refractivity contribution < 1.29 is 19.0 Å². The van der Waals surface area contributed by atoms with E-state index in [1.54, 1.807) is 18.2 Å². The minimum absolute atomic E-state index is 0.184. The predicted octanol–water partition coefficient (Wildman–Crippen LogP) is 7.42. The first-order valence-electron chi connectivity index (χ1n) is 11.4. The highest BCUT2D eigenvalue weighted by atomic mass is 127. The molecule has 0 spiro atoms.